The number of fused-ring (bicyclic) bond motifs is 1. The minimum atomic E-state index is -0.222. The summed E-state index contributed by atoms with van der Waals surface area (Å²) in [4.78, 5) is 25.7. The third-order valence-electron chi connectivity index (χ3n) is 3.54. The van der Waals surface area contributed by atoms with Gasteiger partial charge in [-0.05, 0) is 30.2 Å². The second-order valence-corrected chi connectivity index (χ2v) is 4.76. The van der Waals surface area contributed by atoms with Crippen molar-refractivity contribution in [2.45, 2.75) is 6.42 Å². The van der Waals surface area contributed by atoms with Crippen LogP contribution in [-0.4, -0.2) is 23.3 Å². The standard InChI is InChI=1S/C16H14N2O2/c17-14-8-4-1-5-11(14)9-10-18-15(19)12-6-2-3-7-13(12)16(18)20/h1-8H,9-10,17H2. The molecule has 2 aromatic carbocycles. The lowest BCUT2D eigenvalue weighted by molar-refractivity contribution is 0.0656. The van der Waals surface area contributed by atoms with Crippen molar-refractivity contribution in [3.05, 3.63) is 65.2 Å². The molecule has 0 saturated heterocycles. The van der Waals surface area contributed by atoms with E-state index in [2.05, 4.69) is 0 Å². The number of imide groups is 1. The number of nitrogen functional groups attached to an aromatic ring is 1. The maximum absolute atomic E-state index is 12.2. The average Bonchev–Trinajstić information content (AvgIpc) is 2.71. The van der Waals surface area contributed by atoms with E-state index in [1.54, 1.807) is 24.3 Å². The summed E-state index contributed by atoms with van der Waals surface area (Å²) in [5.41, 5.74) is 8.47. The van der Waals surface area contributed by atoms with Crippen LogP contribution in [0.4, 0.5) is 5.69 Å². The Balaban J connectivity index is 1.79. The summed E-state index contributed by atoms with van der Waals surface area (Å²) in [7, 11) is 0. The van der Waals surface area contributed by atoms with Gasteiger partial charge in [0.2, 0.25) is 0 Å². The molecule has 0 radical (unpaired) electrons. The number of rotatable bonds is 3. The zero-order valence-corrected chi connectivity index (χ0v) is 10.9. The maximum atomic E-state index is 12.2. The second kappa shape index (κ2) is 4.81. The minimum absolute atomic E-state index is 0.222. The number of nitrogens with two attached hydrogens (primary N) is 1. The molecule has 0 saturated carbocycles. The van der Waals surface area contributed by atoms with Gasteiger partial charge in [0.25, 0.3) is 11.8 Å². The van der Waals surface area contributed by atoms with Crippen LogP contribution in [-0.2, 0) is 6.42 Å². The molecule has 0 atom stereocenters. The van der Waals surface area contributed by atoms with Crippen molar-refractivity contribution in [2.24, 2.45) is 0 Å². The molecule has 2 aromatic rings. The van der Waals surface area contributed by atoms with E-state index in [0.717, 1.165) is 5.56 Å². The molecule has 4 nitrogen and oxygen atoms in total. The van der Waals surface area contributed by atoms with Crippen LogP contribution in [0.2, 0.25) is 0 Å². The first kappa shape index (κ1) is 12.4. The monoisotopic (exact) mass is 266 g/mol. The number of carbonyl (C=O) groups is 2. The van der Waals surface area contributed by atoms with Crippen LogP contribution in [0.3, 0.4) is 0 Å². The van der Waals surface area contributed by atoms with Crippen molar-refractivity contribution in [1.82, 2.24) is 4.90 Å². The highest BCUT2D eigenvalue weighted by atomic mass is 16.2. The Bertz CT molecular complexity index is 659. The van der Waals surface area contributed by atoms with Gasteiger partial charge in [-0.2, -0.15) is 0 Å². The van der Waals surface area contributed by atoms with Crippen LogP contribution in [0, 0.1) is 0 Å². The highest BCUT2D eigenvalue weighted by Crippen LogP contribution is 2.23. The molecular weight excluding hydrogens is 252 g/mol. The predicted octanol–water partition coefficient (Wildman–Crippen LogP) is 2.11. The molecule has 100 valence electrons. The fraction of sp³-hybridized carbons (Fsp3) is 0.125. The number of nitrogens with zero attached hydrogens (tertiary/aromatic N) is 1. The van der Waals surface area contributed by atoms with Gasteiger partial charge in [0, 0.05) is 12.2 Å². The van der Waals surface area contributed by atoms with Crippen molar-refractivity contribution in [1.29, 1.82) is 0 Å². The normalized spacial score (nSPS) is 13.7. The Kier molecular flexibility index (Phi) is 2.99. The highest BCUT2D eigenvalue weighted by Gasteiger charge is 2.34. The van der Waals surface area contributed by atoms with Crippen LogP contribution in [0.5, 0.6) is 0 Å². The quantitative estimate of drug-likeness (QED) is 0.683. The van der Waals surface area contributed by atoms with Gasteiger partial charge >= 0.3 is 0 Å². The van der Waals surface area contributed by atoms with Crippen molar-refractivity contribution in [3.63, 3.8) is 0 Å². The van der Waals surface area contributed by atoms with Crippen LogP contribution in [0.15, 0.2) is 48.5 Å². The molecular formula is C16H14N2O2. The maximum Gasteiger partial charge on any atom is 0.261 e. The fourth-order valence-corrected chi connectivity index (χ4v) is 2.44. The van der Waals surface area contributed by atoms with Crippen molar-refractivity contribution >= 4 is 17.5 Å². The lowest BCUT2D eigenvalue weighted by Crippen LogP contribution is -2.31. The van der Waals surface area contributed by atoms with Gasteiger partial charge in [0.15, 0.2) is 0 Å². The Hall–Kier alpha value is -2.62. The first-order chi connectivity index (χ1) is 9.68. The summed E-state index contributed by atoms with van der Waals surface area (Å²) in [6.45, 7) is 0.348. The van der Waals surface area contributed by atoms with E-state index in [0.29, 0.717) is 29.8 Å². The van der Waals surface area contributed by atoms with Gasteiger partial charge in [-0.3, -0.25) is 14.5 Å². The number of amides is 2. The molecule has 1 heterocycles. The Morgan fingerprint density at radius 1 is 0.850 bits per heavy atom. The molecule has 0 unspecified atom stereocenters. The van der Waals surface area contributed by atoms with E-state index in [1.807, 2.05) is 24.3 Å². The Labute approximate surface area is 116 Å². The summed E-state index contributed by atoms with van der Waals surface area (Å²) in [6.07, 6.45) is 0.568. The van der Waals surface area contributed by atoms with Gasteiger partial charge in [0.05, 0.1) is 11.1 Å². The number of hydrogen-bond acceptors (Lipinski definition) is 3. The molecule has 0 aromatic heterocycles. The van der Waals surface area contributed by atoms with Crippen molar-refractivity contribution < 1.29 is 9.59 Å². The topological polar surface area (TPSA) is 63.4 Å². The molecule has 4 heteroatoms. The van der Waals surface area contributed by atoms with Crippen molar-refractivity contribution in [3.8, 4) is 0 Å². The SMILES string of the molecule is Nc1ccccc1CCN1C(=O)c2ccccc2C1=O. The van der Waals surface area contributed by atoms with Gasteiger partial charge in [-0.15, -0.1) is 0 Å². The largest absolute Gasteiger partial charge is 0.399 e. The van der Waals surface area contributed by atoms with E-state index in [1.165, 1.54) is 4.90 Å². The first-order valence-corrected chi connectivity index (χ1v) is 6.47. The number of carbonyl (C=O) groups excluding carboxylic acids is 2. The zero-order valence-electron chi connectivity index (χ0n) is 10.9. The molecule has 2 amide bonds. The van der Waals surface area contributed by atoms with Gasteiger partial charge in [-0.25, -0.2) is 0 Å². The first-order valence-electron chi connectivity index (χ1n) is 6.47. The van der Waals surface area contributed by atoms with Gasteiger partial charge < -0.3 is 5.73 Å². The summed E-state index contributed by atoms with van der Waals surface area (Å²) >= 11 is 0. The Morgan fingerprint density at radius 3 is 2.00 bits per heavy atom. The van der Waals surface area contributed by atoms with E-state index in [4.69, 9.17) is 5.73 Å². The third-order valence-corrected chi connectivity index (χ3v) is 3.54. The molecule has 0 fully saturated rings. The van der Waals surface area contributed by atoms with Crippen LogP contribution < -0.4 is 5.73 Å². The molecule has 1 aliphatic heterocycles. The number of hydrogen-bond donors (Lipinski definition) is 1. The Morgan fingerprint density at radius 2 is 1.40 bits per heavy atom. The summed E-state index contributed by atoms with van der Waals surface area (Å²) in [5.74, 6) is -0.444. The van der Waals surface area contributed by atoms with Gasteiger partial charge in [0.1, 0.15) is 0 Å². The molecule has 1 aliphatic rings. The molecule has 0 aliphatic carbocycles. The highest BCUT2D eigenvalue weighted by molar-refractivity contribution is 6.21. The summed E-state index contributed by atoms with van der Waals surface area (Å²) in [5, 5.41) is 0. The van der Waals surface area contributed by atoms with Crippen LogP contribution in [0.25, 0.3) is 0 Å². The van der Waals surface area contributed by atoms with E-state index >= 15 is 0 Å². The smallest absolute Gasteiger partial charge is 0.261 e. The summed E-state index contributed by atoms with van der Waals surface area (Å²) in [6, 6.07) is 14.4. The lowest BCUT2D eigenvalue weighted by atomic mass is 10.1. The molecule has 0 spiro atoms. The van der Waals surface area contributed by atoms with Crippen molar-refractivity contribution in [2.75, 3.05) is 12.3 Å². The average molecular weight is 266 g/mol. The van der Waals surface area contributed by atoms with Gasteiger partial charge in [-0.1, -0.05) is 30.3 Å². The van der Waals surface area contributed by atoms with Crippen LogP contribution in [0.1, 0.15) is 26.3 Å². The fourth-order valence-electron chi connectivity index (χ4n) is 2.44. The second-order valence-electron chi connectivity index (χ2n) is 4.76. The predicted molar refractivity (Wildman–Crippen MR) is 76.4 cm³/mol. The molecule has 20 heavy (non-hydrogen) atoms. The minimum Gasteiger partial charge on any atom is -0.399 e. The molecule has 0 bridgehead atoms. The number of para-hydroxylation sites is 1. The number of benzene rings is 2. The lowest BCUT2D eigenvalue weighted by Gasteiger charge is -2.14. The molecule has 3 rings (SSSR count). The van der Waals surface area contributed by atoms with Crippen LogP contribution >= 0.6 is 0 Å². The third kappa shape index (κ3) is 1.95. The summed E-state index contributed by atoms with van der Waals surface area (Å²) < 4.78 is 0. The van der Waals surface area contributed by atoms with E-state index in [-0.39, 0.29) is 11.8 Å². The zero-order chi connectivity index (χ0) is 14.1. The van der Waals surface area contributed by atoms with E-state index in [9.17, 15) is 9.59 Å². The molecule has 2 N–H and O–H groups in total. The number of anilines is 1. The van der Waals surface area contributed by atoms with E-state index < -0.39 is 0 Å².